The van der Waals surface area contributed by atoms with Crippen LogP contribution < -0.4 is 5.32 Å². The molecular formula is C16H20N4O2S. The fourth-order valence-corrected chi connectivity index (χ4v) is 3.37. The predicted octanol–water partition coefficient (Wildman–Crippen LogP) is 2.11. The standard InChI is InChI=1S/C16H20N4O2S/c1-17-16-15(18-6-7-19-16)13-11-20(8-9-22-13)14(21)5-4-12-3-2-10-23-12/h2-3,6-7,10,13H,4-5,8-9,11H2,1H3,(H,17,19)/t13-/m1/s1. The van der Waals surface area contributed by atoms with Gasteiger partial charge >= 0.3 is 0 Å². The fourth-order valence-electron chi connectivity index (χ4n) is 2.66. The zero-order valence-electron chi connectivity index (χ0n) is 13.1. The summed E-state index contributed by atoms with van der Waals surface area (Å²) < 4.78 is 5.80. The molecule has 122 valence electrons. The van der Waals surface area contributed by atoms with Crippen LogP contribution in [0.2, 0.25) is 0 Å². The maximum Gasteiger partial charge on any atom is 0.223 e. The van der Waals surface area contributed by atoms with E-state index in [0.29, 0.717) is 31.9 Å². The lowest BCUT2D eigenvalue weighted by Gasteiger charge is -2.33. The van der Waals surface area contributed by atoms with Gasteiger partial charge in [-0.1, -0.05) is 6.07 Å². The van der Waals surface area contributed by atoms with Gasteiger partial charge in [-0.15, -0.1) is 11.3 Å². The van der Waals surface area contributed by atoms with Crippen molar-refractivity contribution in [3.63, 3.8) is 0 Å². The summed E-state index contributed by atoms with van der Waals surface area (Å²) in [4.78, 5) is 24.2. The van der Waals surface area contributed by atoms with Gasteiger partial charge in [-0.25, -0.2) is 4.98 Å². The minimum absolute atomic E-state index is 0.168. The van der Waals surface area contributed by atoms with Crippen molar-refractivity contribution in [1.82, 2.24) is 14.9 Å². The lowest BCUT2D eigenvalue weighted by atomic mass is 10.1. The highest BCUT2D eigenvalue weighted by atomic mass is 32.1. The summed E-state index contributed by atoms with van der Waals surface area (Å²) in [6, 6.07) is 4.08. The van der Waals surface area contributed by atoms with Gasteiger partial charge in [0.25, 0.3) is 0 Å². The molecule has 0 radical (unpaired) electrons. The van der Waals surface area contributed by atoms with E-state index in [-0.39, 0.29) is 12.0 Å². The lowest BCUT2D eigenvalue weighted by Crippen LogP contribution is -2.42. The third kappa shape index (κ3) is 3.86. The number of rotatable bonds is 5. The number of nitrogens with zero attached hydrogens (tertiary/aromatic N) is 3. The number of hydrogen-bond donors (Lipinski definition) is 1. The first-order chi connectivity index (χ1) is 11.3. The number of amides is 1. The van der Waals surface area contributed by atoms with E-state index in [2.05, 4.69) is 21.4 Å². The highest BCUT2D eigenvalue weighted by Gasteiger charge is 2.28. The second kappa shape index (κ2) is 7.52. The van der Waals surface area contributed by atoms with E-state index in [1.54, 1.807) is 30.8 Å². The molecule has 0 saturated carbocycles. The van der Waals surface area contributed by atoms with Gasteiger partial charge in [-0.2, -0.15) is 0 Å². The maximum absolute atomic E-state index is 12.4. The normalized spacial score (nSPS) is 18.0. The van der Waals surface area contributed by atoms with Crippen LogP contribution in [0.15, 0.2) is 29.9 Å². The summed E-state index contributed by atoms with van der Waals surface area (Å²) in [6.45, 7) is 1.68. The molecule has 6 nitrogen and oxygen atoms in total. The molecule has 1 aliphatic rings. The molecule has 2 aromatic rings. The van der Waals surface area contributed by atoms with Crippen molar-refractivity contribution in [2.75, 3.05) is 32.1 Å². The molecule has 0 bridgehead atoms. The molecule has 2 aromatic heterocycles. The van der Waals surface area contributed by atoms with E-state index in [1.807, 2.05) is 16.3 Å². The van der Waals surface area contributed by atoms with Crippen LogP contribution in [0, 0.1) is 0 Å². The molecule has 3 rings (SSSR count). The van der Waals surface area contributed by atoms with Crippen LogP contribution in [0.4, 0.5) is 5.82 Å². The molecular weight excluding hydrogens is 312 g/mol. The Morgan fingerprint density at radius 2 is 2.35 bits per heavy atom. The summed E-state index contributed by atoms with van der Waals surface area (Å²) >= 11 is 1.69. The number of hydrogen-bond acceptors (Lipinski definition) is 6. The Bertz CT molecular complexity index is 647. The van der Waals surface area contributed by atoms with Crippen molar-refractivity contribution in [2.45, 2.75) is 18.9 Å². The second-order valence-electron chi connectivity index (χ2n) is 5.32. The quantitative estimate of drug-likeness (QED) is 0.908. The van der Waals surface area contributed by atoms with Crippen LogP contribution in [0.25, 0.3) is 0 Å². The summed E-state index contributed by atoms with van der Waals surface area (Å²) in [5.41, 5.74) is 0.755. The smallest absolute Gasteiger partial charge is 0.223 e. The largest absolute Gasteiger partial charge is 0.372 e. The van der Waals surface area contributed by atoms with E-state index in [1.165, 1.54) is 4.88 Å². The van der Waals surface area contributed by atoms with Crippen LogP contribution in [0.5, 0.6) is 0 Å². The number of thiophene rings is 1. The number of anilines is 1. The van der Waals surface area contributed by atoms with Crippen LogP contribution in [-0.4, -0.2) is 47.5 Å². The van der Waals surface area contributed by atoms with Crippen LogP contribution >= 0.6 is 11.3 Å². The average molecular weight is 332 g/mol. The molecule has 0 aliphatic carbocycles. The number of carbonyl (C=O) groups is 1. The first kappa shape index (κ1) is 15.9. The maximum atomic E-state index is 12.4. The van der Waals surface area contributed by atoms with Crippen molar-refractivity contribution in [2.24, 2.45) is 0 Å². The summed E-state index contributed by atoms with van der Waals surface area (Å²) in [5.74, 6) is 0.868. The SMILES string of the molecule is CNc1nccnc1[C@H]1CN(C(=O)CCc2cccs2)CCO1. The molecule has 0 aromatic carbocycles. The Morgan fingerprint density at radius 1 is 1.48 bits per heavy atom. The van der Waals surface area contributed by atoms with Crippen LogP contribution in [-0.2, 0) is 16.0 Å². The van der Waals surface area contributed by atoms with E-state index in [9.17, 15) is 4.79 Å². The topological polar surface area (TPSA) is 67.4 Å². The van der Waals surface area contributed by atoms with Gasteiger partial charge in [0.05, 0.1) is 13.2 Å². The number of carbonyl (C=O) groups excluding carboxylic acids is 1. The summed E-state index contributed by atoms with van der Waals surface area (Å²) in [7, 11) is 1.81. The summed E-state index contributed by atoms with van der Waals surface area (Å²) in [6.07, 6.45) is 4.39. The average Bonchev–Trinajstić information content (AvgIpc) is 3.13. The van der Waals surface area contributed by atoms with Gasteiger partial charge < -0.3 is 15.0 Å². The minimum Gasteiger partial charge on any atom is -0.372 e. The Balaban J connectivity index is 1.62. The fraction of sp³-hybridized carbons (Fsp3) is 0.438. The number of aromatic nitrogens is 2. The first-order valence-corrected chi connectivity index (χ1v) is 8.56. The van der Waals surface area contributed by atoms with Crippen molar-refractivity contribution >= 4 is 23.1 Å². The summed E-state index contributed by atoms with van der Waals surface area (Å²) in [5, 5.41) is 5.06. The highest BCUT2D eigenvalue weighted by molar-refractivity contribution is 7.09. The Labute approximate surface area is 139 Å². The highest BCUT2D eigenvalue weighted by Crippen LogP contribution is 2.25. The van der Waals surface area contributed by atoms with Gasteiger partial charge in [-0.3, -0.25) is 9.78 Å². The predicted molar refractivity (Wildman–Crippen MR) is 89.5 cm³/mol. The Morgan fingerprint density at radius 3 is 3.13 bits per heavy atom. The van der Waals surface area contributed by atoms with Crippen LogP contribution in [0.1, 0.15) is 23.1 Å². The van der Waals surface area contributed by atoms with Crippen molar-refractivity contribution in [3.8, 4) is 0 Å². The van der Waals surface area contributed by atoms with Crippen LogP contribution in [0.3, 0.4) is 0 Å². The zero-order valence-corrected chi connectivity index (χ0v) is 13.9. The van der Waals surface area contributed by atoms with Gasteiger partial charge in [0.1, 0.15) is 17.6 Å². The monoisotopic (exact) mass is 332 g/mol. The zero-order chi connectivity index (χ0) is 16.1. The number of ether oxygens (including phenoxy) is 1. The molecule has 0 unspecified atom stereocenters. The molecule has 1 amide bonds. The first-order valence-electron chi connectivity index (χ1n) is 7.68. The molecule has 1 N–H and O–H groups in total. The van der Waals surface area contributed by atoms with Gasteiger partial charge in [0.15, 0.2) is 0 Å². The molecule has 1 atom stereocenters. The molecule has 23 heavy (non-hydrogen) atoms. The third-order valence-electron chi connectivity index (χ3n) is 3.85. The molecule has 1 saturated heterocycles. The van der Waals surface area contributed by atoms with E-state index >= 15 is 0 Å². The van der Waals surface area contributed by atoms with Crippen molar-refractivity contribution in [1.29, 1.82) is 0 Å². The van der Waals surface area contributed by atoms with Gasteiger partial charge in [0.2, 0.25) is 5.91 Å². The third-order valence-corrected chi connectivity index (χ3v) is 4.79. The molecule has 1 aliphatic heterocycles. The number of nitrogens with one attached hydrogen (secondary N) is 1. The van der Waals surface area contributed by atoms with Gasteiger partial charge in [-0.05, 0) is 17.9 Å². The lowest BCUT2D eigenvalue weighted by molar-refractivity contribution is -0.139. The van der Waals surface area contributed by atoms with E-state index < -0.39 is 0 Å². The Kier molecular flexibility index (Phi) is 5.19. The minimum atomic E-state index is -0.231. The molecule has 3 heterocycles. The van der Waals surface area contributed by atoms with Crippen molar-refractivity contribution in [3.05, 3.63) is 40.5 Å². The Hall–Kier alpha value is -1.99. The van der Waals surface area contributed by atoms with E-state index in [0.717, 1.165) is 12.1 Å². The van der Waals surface area contributed by atoms with Crippen molar-refractivity contribution < 1.29 is 9.53 Å². The molecule has 7 heteroatoms. The second-order valence-corrected chi connectivity index (χ2v) is 6.35. The van der Waals surface area contributed by atoms with E-state index in [4.69, 9.17) is 4.74 Å². The molecule has 0 spiro atoms. The number of morpholine rings is 1. The number of aryl methyl sites for hydroxylation is 1. The van der Waals surface area contributed by atoms with Gasteiger partial charge in [0, 0.05) is 37.3 Å². The molecule has 1 fully saturated rings.